The van der Waals surface area contributed by atoms with Crippen molar-refractivity contribution in [1.82, 2.24) is 10.2 Å². The third-order valence-corrected chi connectivity index (χ3v) is 4.10. The number of nitrogens with zero attached hydrogens (tertiary/aromatic N) is 1. The molecule has 2 rings (SSSR count). The van der Waals surface area contributed by atoms with Gasteiger partial charge in [-0.05, 0) is 29.2 Å². The number of hydrogen-bond donors (Lipinski definition) is 1. The van der Waals surface area contributed by atoms with Crippen LogP contribution in [0.3, 0.4) is 0 Å². The fourth-order valence-electron chi connectivity index (χ4n) is 2.67. The molecular formula is C15H22ClFN2. The summed E-state index contributed by atoms with van der Waals surface area (Å²) in [4.78, 5) is 2.40. The lowest BCUT2D eigenvalue weighted by Gasteiger charge is -2.43. The summed E-state index contributed by atoms with van der Waals surface area (Å²) in [6.45, 7) is 10.3. The highest BCUT2D eigenvalue weighted by molar-refractivity contribution is 6.31. The van der Waals surface area contributed by atoms with Gasteiger partial charge < -0.3 is 5.32 Å². The summed E-state index contributed by atoms with van der Waals surface area (Å²) in [5.74, 6) is -0.221. The Morgan fingerprint density at radius 2 is 2.16 bits per heavy atom. The Hall–Kier alpha value is -0.640. The highest BCUT2D eigenvalue weighted by Gasteiger charge is 2.32. The maximum absolute atomic E-state index is 13.3. The van der Waals surface area contributed by atoms with Crippen LogP contribution < -0.4 is 5.32 Å². The molecule has 0 spiro atoms. The Morgan fingerprint density at radius 1 is 1.42 bits per heavy atom. The van der Waals surface area contributed by atoms with Crippen molar-refractivity contribution in [2.24, 2.45) is 5.41 Å². The van der Waals surface area contributed by atoms with E-state index in [0.717, 1.165) is 25.2 Å². The van der Waals surface area contributed by atoms with Gasteiger partial charge in [-0.15, -0.1) is 0 Å². The van der Waals surface area contributed by atoms with Gasteiger partial charge in [0.2, 0.25) is 0 Å². The van der Waals surface area contributed by atoms with E-state index in [2.05, 4.69) is 31.0 Å². The van der Waals surface area contributed by atoms with E-state index in [1.807, 2.05) is 0 Å². The van der Waals surface area contributed by atoms with E-state index in [4.69, 9.17) is 11.6 Å². The number of nitrogens with one attached hydrogen (secondary N) is 1. The van der Waals surface area contributed by atoms with Gasteiger partial charge >= 0.3 is 0 Å². The normalized spacial score (nSPS) is 21.6. The van der Waals surface area contributed by atoms with Gasteiger partial charge in [-0.1, -0.05) is 32.4 Å². The number of rotatable bonds is 2. The Bertz CT molecular complexity index is 442. The van der Waals surface area contributed by atoms with Crippen LogP contribution in [0.2, 0.25) is 5.02 Å². The summed E-state index contributed by atoms with van der Waals surface area (Å²) >= 11 is 6.17. The van der Waals surface area contributed by atoms with E-state index in [1.54, 1.807) is 12.1 Å². The molecule has 0 radical (unpaired) electrons. The van der Waals surface area contributed by atoms with Gasteiger partial charge in [-0.3, -0.25) is 4.90 Å². The summed E-state index contributed by atoms with van der Waals surface area (Å²) in [7, 11) is 0. The van der Waals surface area contributed by atoms with Crippen molar-refractivity contribution in [3.63, 3.8) is 0 Å². The fraction of sp³-hybridized carbons (Fsp3) is 0.600. The third-order valence-electron chi connectivity index (χ3n) is 3.74. The van der Waals surface area contributed by atoms with Crippen molar-refractivity contribution < 1.29 is 4.39 Å². The number of benzene rings is 1. The SMILES string of the molecule is CC(C)(C)C1CNCCN1Cc1cc(F)ccc1Cl. The van der Waals surface area contributed by atoms with Crippen molar-refractivity contribution in [3.8, 4) is 0 Å². The zero-order valence-electron chi connectivity index (χ0n) is 11.8. The van der Waals surface area contributed by atoms with Crippen molar-refractivity contribution in [2.45, 2.75) is 33.4 Å². The Morgan fingerprint density at radius 3 is 2.84 bits per heavy atom. The van der Waals surface area contributed by atoms with Gasteiger partial charge in [0.25, 0.3) is 0 Å². The first-order chi connectivity index (χ1) is 8.88. The average molecular weight is 285 g/mol. The van der Waals surface area contributed by atoms with Crippen LogP contribution in [-0.4, -0.2) is 30.6 Å². The van der Waals surface area contributed by atoms with Crippen LogP contribution in [0.1, 0.15) is 26.3 Å². The largest absolute Gasteiger partial charge is 0.314 e. The first kappa shape index (κ1) is 14.8. The molecule has 0 saturated carbocycles. The monoisotopic (exact) mass is 284 g/mol. The van der Waals surface area contributed by atoms with Crippen molar-refractivity contribution in [2.75, 3.05) is 19.6 Å². The number of piperazine rings is 1. The summed E-state index contributed by atoms with van der Waals surface area (Å²) in [6, 6.07) is 5.02. The van der Waals surface area contributed by atoms with Crippen molar-refractivity contribution >= 4 is 11.6 Å². The Labute approximate surface area is 119 Å². The predicted molar refractivity (Wildman–Crippen MR) is 77.9 cm³/mol. The van der Waals surface area contributed by atoms with Gasteiger partial charge in [0.05, 0.1) is 0 Å². The molecule has 1 aliphatic heterocycles. The number of halogens is 2. The second-order valence-electron chi connectivity index (χ2n) is 6.29. The van der Waals surface area contributed by atoms with Crippen LogP contribution in [0.4, 0.5) is 4.39 Å². The molecule has 0 amide bonds. The maximum atomic E-state index is 13.3. The predicted octanol–water partition coefficient (Wildman–Crippen LogP) is 3.30. The van der Waals surface area contributed by atoms with Gasteiger partial charge in [-0.25, -0.2) is 4.39 Å². The lowest BCUT2D eigenvalue weighted by atomic mass is 9.84. The Balaban J connectivity index is 2.17. The molecule has 0 aromatic heterocycles. The van der Waals surface area contributed by atoms with Crippen LogP contribution in [0.15, 0.2) is 18.2 Å². The lowest BCUT2D eigenvalue weighted by Crippen LogP contribution is -2.56. The van der Waals surface area contributed by atoms with E-state index < -0.39 is 0 Å². The number of hydrogen-bond acceptors (Lipinski definition) is 2. The molecule has 19 heavy (non-hydrogen) atoms. The standard InChI is InChI=1S/C15H22ClFN2/c1-15(2,3)14-9-18-6-7-19(14)10-11-8-12(17)4-5-13(11)16/h4-5,8,14,18H,6-7,9-10H2,1-3H3. The minimum Gasteiger partial charge on any atom is -0.314 e. The molecule has 106 valence electrons. The molecule has 1 unspecified atom stereocenters. The van der Waals surface area contributed by atoms with Crippen LogP contribution in [0, 0.1) is 11.2 Å². The van der Waals surface area contributed by atoms with Gasteiger partial charge in [0.15, 0.2) is 0 Å². The van der Waals surface area contributed by atoms with Crippen LogP contribution in [-0.2, 0) is 6.54 Å². The molecule has 2 nitrogen and oxygen atoms in total. The first-order valence-electron chi connectivity index (χ1n) is 6.76. The molecule has 1 aliphatic rings. The van der Waals surface area contributed by atoms with E-state index in [9.17, 15) is 4.39 Å². The second kappa shape index (κ2) is 5.78. The van der Waals surface area contributed by atoms with E-state index in [-0.39, 0.29) is 11.2 Å². The first-order valence-corrected chi connectivity index (χ1v) is 7.14. The average Bonchev–Trinajstić information content (AvgIpc) is 2.33. The molecular weight excluding hydrogens is 263 g/mol. The molecule has 1 saturated heterocycles. The van der Waals surface area contributed by atoms with E-state index >= 15 is 0 Å². The molecule has 4 heteroatoms. The highest BCUT2D eigenvalue weighted by Crippen LogP contribution is 2.28. The zero-order valence-corrected chi connectivity index (χ0v) is 12.6. The van der Waals surface area contributed by atoms with E-state index in [1.165, 1.54) is 6.07 Å². The molecule has 1 atom stereocenters. The van der Waals surface area contributed by atoms with Gasteiger partial charge in [0, 0.05) is 37.2 Å². The fourth-order valence-corrected chi connectivity index (χ4v) is 2.85. The van der Waals surface area contributed by atoms with E-state index in [0.29, 0.717) is 17.6 Å². The minimum atomic E-state index is -0.221. The highest BCUT2D eigenvalue weighted by atomic mass is 35.5. The maximum Gasteiger partial charge on any atom is 0.123 e. The molecule has 1 fully saturated rings. The summed E-state index contributed by atoms with van der Waals surface area (Å²) in [6.07, 6.45) is 0. The molecule has 1 aromatic carbocycles. The second-order valence-corrected chi connectivity index (χ2v) is 6.70. The summed E-state index contributed by atoms with van der Waals surface area (Å²) in [5, 5.41) is 4.08. The van der Waals surface area contributed by atoms with Crippen molar-refractivity contribution in [1.29, 1.82) is 0 Å². The molecule has 1 aromatic rings. The minimum absolute atomic E-state index is 0.188. The van der Waals surface area contributed by atoms with Crippen molar-refractivity contribution in [3.05, 3.63) is 34.6 Å². The quantitative estimate of drug-likeness (QED) is 0.896. The zero-order chi connectivity index (χ0) is 14.0. The van der Waals surface area contributed by atoms with Crippen LogP contribution >= 0.6 is 11.6 Å². The van der Waals surface area contributed by atoms with Gasteiger partial charge in [0.1, 0.15) is 5.82 Å². The van der Waals surface area contributed by atoms with Crippen LogP contribution in [0.5, 0.6) is 0 Å². The molecule has 1 heterocycles. The molecule has 0 bridgehead atoms. The third kappa shape index (κ3) is 3.68. The molecule has 0 aliphatic carbocycles. The lowest BCUT2D eigenvalue weighted by molar-refractivity contribution is 0.0688. The topological polar surface area (TPSA) is 15.3 Å². The molecule has 1 N–H and O–H groups in total. The van der Waals surface area contributed by atoms with Gasteiger partial charge in [-0.2, -0.15) is 0 Å². The summed E-state index contributed by atoms with van der Waals surface area (Å²) < 4.78 is 13.3. The summed E-state index contributed by atoms with van der Waals surface area (Å²) in [5.41, 5.74) is 1.06. The van der Waals surface area contributed by atoms with Crippen LogP contribution in [0.25, 0.3) is 0 Å². The Kier molecular flexibility index (Phi) is 4.49. The smallest absolute Gasteiger partial charge is 0.123 e.